The van der Waals surface area contributed by atoms with E-state index in [1.807, 2.05) is 13.0 Å². The van der Waals surface area contributed by atoms with Crippen LogP contribution in [-0.4, -0.2) is 18.5 Å². The SMILES string of the molecule is CCNC(=NCc1ccc(C#N)cc1F)NC1CC1. The molecule has 0 unspecified atom stereocenters. The van der Waals surface area contributed by atoms with E-state index in [1.54, 1.807) is 12.1 Å². The summed E-state index contributed by atoms with van der Waals surface area (Å²) in [5, 5.41) is 15.1. The normalized spacial score (nSPS) is 14.9. The number of aliphatic imine (C=N–C) groups is 1. The van der Waals surface area contributed by atoms with Crippen LogP contribution in [0.4, 0.5) is 4.39 Å². The van der Waals surface area contributed by atoms with Gasteiger partial charge in [0.25, 0.3) is 0 Å². The molecule has 0 atom stereocenters. The van der Waals surface area contributed by atoms with Gasteiger partial charge in [0.2, 0.25) is 0 Å². The molecule has 0 bridgehead atoms. The maximum atomic E-state index is 13.7. The van der Waals surface area contributed by atoms with Gasteiger partial charge in [-0.15, -0.1) is 0 Å². The molecule has 1 aromatic rings. The molecule has 0 amide bonds. The Kier molecular flexibility index (Phi) is 4.35. The topological polar surface area (TPSA) is 60.2 Å². The third-order valence-corrected chi connectivity index (χ3v) is 2.85. The molecule has 1 fully saturated rings. The van der Waals surface area contributed by atoms with Gasteiger partial charge in [-0.05, 0) is 31.9 Å². The largest absolute Gasteiger partial charge is 0.357 e. The number of hydrogen-bond acceptors (Lipinski definition) is 2. The number of benzene rings is 1. The van der Waals surface area contributed by atoms with Gasteiger partial charge >= 0.3 is 0 Å². The molecule has 1 aromatic carbocycles. The Hall–Kier alpha value is -2.09. The first-order valence-electron chi connectivity index (χ1n) is 6.46. The molecular weight excluding hydrogens is 243 g/mol. The Morgan fingerprint density at radius 3 is 2.89 bits per heavy atom. The fourth-order valence-corrected chi connectivity index (χ4v) is 1.65. The zero-order valence-corrected chi connectivity index (χ0v) is 10.9. The zero-order valence-electron chi connectivity index (χ0n) is 10.9. The quantitative estimate of drug-likeness (QED) is 0.642. The Morgan fingerprint density at radius 1 is 1.53 bits per heavy atom. The second kappa shape index (κ2) is 6.19. The average molecular weight is 260 g/mol. The number of nitrogens with one attached hydrogen (secondary N) is 2. The lowest BCUT2D eigenvalue weighted by atomic mass is 10.1. The van der Waals surface area contributed by atoms with Crippen molar-refractivity contribution in [2.24, 2.45) is 4.99 Å². The van der Waals surface area contributed by atoms with E-state index in [2.05, 4.69) is 15.6 Å². The summed E-state index contributed by atoms with van der Waals surface area (Å²) in [5.41, 5.74) is 0.820. The third-order valence-electron chi connectivity index (χ3n) is 2.85. The molecule has 1 aliphatic carbocycles. The van der Waals surface area contributed by atoms with E-state index < -0.39 is 0 Å². The van der Waals surface area contributed by atoms with Gasteiger partial charge in [0.15, 0.2) is 5.96 Å². The van der Waals surface area contributed by atoms with Gasteiger partial charge in [0, 0.05) is 18.2 Å². The molecule has 19 heavy (non-hydrogen) atoms. The summed E-state index contributed by atoms with van der Waals surface area (Å²) >= 11 is 0. The summed E-state index contributed by atoms with van der Waals surface area (Å²) in [6.45, 7) is 3.03. The maximum absolute atomic E-state index is 13.7. The molecule has 0 aromatic heterocycles. The van der Waals surface area contributed by atoms with Crippen LogP contribution < -0.4 is 10.6 Å². The molecule has 2 N–H and O–H groups in total. The molecule has 100 valence electrons. The van der Waals surface area contributed by atoms with E-state index >= 15 is 0 Å². The average Bonchev–Trinajstić information content (AvgIpc) is 3.21. The predicted octanol–water partition coefficient (Wildman–Crippen LogP) is 1.91. The van der Waals surface area contributed by atoms with Crippen LogP contribution in [0.25, 0.3) is 0 Å². The van der Waals surface area contributed by atoms with Gasteiger partial charge in [0.1, 0.15) is 5.82 Å². The van der Waals surface area contributed by atoms with Crippen LogP contribution in [0.5, 0.6) is 0 Å². The number of halogens is 1. The van der Waals surface area contributed by atoms with Crippen molar-refractivity contribution in [2.45, 2.75) is 32.4 Å². The molecule has 2 rings (SSSR count). The van der Waals surface area contributed by atoms with E-state index in [-0.39, 0.29) is 12.4 Å². The highest BCUT2D eigenvalue weighted by atomic mass is 19.1. The third kappa shape index (κ3) is 3.95. The fourth-order valence-electron chi connectivity index (χ4n) is 1.65. The van der Waals surface area contributed by atoms with Crippen LogP contribution >= 0.6 is 0 Å². The molecule has 5 heteroatoms. The second-order valence-corrected chi connectivity index (χ2v) is 4.53. The molecule has 0 aliphatic heterocycles. The van der Waals surface area contributed by atoms with Crippen LogP contribution in [0.15, 0.2) is 23.2 Å². The van der Waals surface area contributed by atoms with Gasteiger partial charge in [-0.3, -0.25) is 0 Å². The number of guanidine groups is 1. The number of nitriles is 1. The van der Waals surface area contributed by atoms with Crippen molar-refractivity contribution in [3.05, 3.63) is 35.1 Å². The van der Waals surface area contributed by atoms with Crippen molar-refractivity contribution in [1.82, 2.24) is 10.6 Å². The van der Waals surface area contributed by atoms with Crippen LogP contribution in [0.1, 0.15) is 30.9 Å². The summed E-state index contributed by atoms with van der Waals surface area (Å²) in [6.07, 6.45) is 2.32. The van der Waals surface area contributed by atoms with E-state index in [0.29, 0.717) is 23.1 Å². The predicted molar refractivity (Wildman–Crippen MR) is 72.1 cm³/mol. The van der Waals surface area contributed by atoms with Gasteiger partial charge in [-0.2, -0.15) is 5.26 Å². The minimum Gasteiger partial charge on any atom is -0.357 e. The second-order valence-electron chi connectivity index (χ2n) is 4.53. The highest BCUT2D eigenvalue weighted by Crippen LogP contribution is 2.18. The summed E-state index contributed by atoms with van der Waals surface area (Å²) in [7, 11) is 0. The van der Waals surface area contributed by atoms with Gasteiger partial charge in [-0.1, -0.05) is 6.07 Å². The van der Waals surface area contributed by atoms with Crippen molar-refractivity contribution in [1.29, 1.82) is 5.26 Å². The minimum absolute atomic E-state index is 0.263. The first-order valence-corrected chi connectivity index (χ1v) is 6.46. The fraction of sp³-hybridized carbons (Fsp3) is 0.429. The molecule has 0 saturated heterocycles. The van der Waals surface area contributed by atoms with Crippen LogP contribution in [0.2, 0.25) is 0 Å². The van der Waals surface area contributed by atoms with Crippen molar-refractivity contribution < 1.29 is 4.39 Å². The molecule has 4 nitrogen and oxygen atoms in total. The van der Waals surface area contributed by atoms with Crippen LogP contribution in [-0.2, 0) is 6.54 Å². The molecule has 0 spiro atoms. The van der Waals surface area contributed by atoms with Crippen LogP contribution in [0.3, 0.4) is 0 Å². The first-order chi connectivity index (χ1) is 9.22. The van der Waals surface area contributed by atoms with Crippen molar-refractivity contribution >= 4 is 5.96 Å². The maximum Gasteiger partial charge on any atom is 0.191 e. The Labute approximate surface area is 112 Å². The zero-order chi connectivity index (χ0) is 13.7. The van der Waals surface area contributed by atoms with E-state index in [4.69, 9.17) is 5.26 Å². The van der Waals surface area contributed by atoms with Gasteiger partial charge in [0.05, 0.1) is 18.2 Å². The molecular formula is C14H17FN4. The lowest BCUT2D eigenvalue weighted by Gasteiger charge is -2.10. The van der Waals surface area contributed by atoms with E-state index in [1.165, 1.54) is 6.07 Å². The number of rotatable bonds is 4. The molecule has 1 saturated carbocycles. The summed E-state index contributed by atoms with van der Waals surface area (Å²) < 4.78 is 13.7. The smallest absolute Gasteiger partial charge is 0.191 e. The minimum atomic E-state index is -0.384. The van der Waals surface area contributed by atoms with Crippen molar-refractivity contribution in [3.8, 4) is 6.07 Å². The Bertz CT molecular complexity index is 515. The molecule has 0 radical (unpaired) electrons. The Balaban J connectivity index is 2.03. The number of nitrogens with zero attached hydrogens (tertiary/aromatic N) is 2. The molecule has 1 aliphatic rings. The highest BCUT2D eigenvalue weighted by molar-refractivity contribution is 5.80. The van der Waals surface area contributed by atoms with E-state index in [0.717, 1.165) is 19.4 Å². The van der Waals surface area contributed by atoms with Crippen molar-refractivity contribution in [2.75, 3.05) is 6.54 Å². The van der Waals surface area contributed by atoms with E-state index in [9.17, 15) is 4.39 Å². The lowest BCUT2D eigenvalue weighted by molar-refractivity contribution is 0.609. The van der Waals surface area contributed by atoms with Gasteiger partial charge < -0.3 is 10.6 Å². The van der Waals surface area contributed by atoms with Gasteiger partial charge in [-0.25, -0.2) is 9.38 Å². The monoisotopic (exact) mass is 260 g/mol. The highest BCUT2D eigenvalue weighted by Gasteiger charge is 2.22. The summed E-state index contributed by atoms with van der Waals surface area (Å²) in [4.78, 5) is 4.35. The lowest BCUT2D eigenvalue weighted by Crippen LogP contribution is -2.38. The number of hydrogen-bond donors (Lipinski definition) is 2. The summed E-state index contributed by atoms with van der Waals surface area (Å²) in [5.74, 6) is 0.332. The first kappa shape index (κ1) is 13.3. The Morgan fingerprint density at radius 2 is 2.32 bits per heavy atom. The molecule has 0 heterocycles. The van der Waals surface area contributed by atoms with Crippen molar-refractivity contribution in [3.63, 3.8) is 0 Å². The summed E-state index contributed by atoms with van der Waals surface area (Å²) in [6, 6.07) is 6.88. The standard InChI is InChI=1S/C14H17FN4/c1-2-17-14(19-12-5-6-12)18-9-11-4-3-10(8-16)7-13(11)15/h3-4,7,12H,2,5-6,9H2,1H3,(H2,17,18,19). The van der Waals surface area contributed by atoms with Crippen LogP contribution in [0, 0.1) is 17.1 Å².